The second-order valence-electron chi connectivity index (χ2n) is 6.07. The smallest absolute Gasteiger partial charge is 0.254 e. The van der Waals surface area contributed by atoms with Gasteiger partial charge in [-0.05, 0) is 36.6 Å². The molecule has 0 amide bonds. The molecule has 7 heteroatoms. The summed E-state index contributed by atoms with van der Waals surface area (Å²) in [6.45, 7) is 0.918. The van der Waals surface area contributed by atoms with Gasteiger partial charge in [0.2, 0.25) is 0 Å². The van der Waals surface area contributed by atoms with Crippen LogP contribution in [0.4, 0.5) is 5.82 Å². The summed E-state index contributed by atoms with van der Waals surface area (Å²) in [6.07, 6.45) is 5.23. The van der Waals surface area contributed by atoms with E-state index in [1.54, 1.807) is 17.8 Å². The van der Waals surface area contributed by atoms with E-state index in [1.165, 1.54) is 6.33 Å². The van der Waals surface area contributed by atoms with E-state index in [9.17, 15) is 5.26 Å². The minimum Gasteiger partial charge on any atom is -0.375 e. The third-order valence-corrected chi connectivity index (χ3v) is 4.70. The number of nitriles is 1. The van der Waals surface area contributed by atoms with Gasteiger partial charge < -0.3 is 9.64 Å². The number of hydrogen-bond acceptors (Lipinski definition) is 6. The van der Waals surface area contributed by atoms with E-state index in [0.717, 1.165) is 30.8 Å². The van der Waals surface area contributed by atoms with Gasteiger partial charge in [-0.25, -0.2) is 4.98 Å². The minimum absolute atomic E-state index is 0.123. The van der Waals surface area contributed by atoms with Crippen molar-refractivity contribution in [2.75, 3.05) is 18.6 Å². The summed E-state index contributed by atoms with van der Waals surface area (Å²) in [5.74, 6) is 1.55. The number of hydrogen-bond donors (Lipinski definition) is 0. The highest BCUT2D eigenvalue weighted by atomic mass is 16.5. The maximum absolute atomic E-state index is 9.18. The van der Waals surface area contributed by atoms with Gasteiger partial charge in [0.1, 0.15) is 18.2 Å². The number of ether oxygens (including phenoxy) is 1. The largest absolute Gasteiger partial charge is 0.375 e. The van der Waals surface area contributed by atoms with E-state index in [1.807, 2.05) is 30.3 Å². The highest BCUT2D eigenvalue weighted by Gasteiger charge is 2.34. The molecule has 0 N–H and O–H groups in total. The maximum atomic E-state index is 9.18. The number of benzene rings is 1. The van der Waals surface area contributed by atoms with Crippen LogP contribution in [0.1, 0.15) is 30.1 Å². The summed E-state index contributed by atoms with van der Waals surface area (Å²) in [6, 6.07) is 12.0. The van der Waals surface area contributed by atoms with E-state index < -0.39 is 0 Å². The van der Waals surface area contributed by atoms with E-state index in [-0.39, 0.29) is 12.1 Å². The highest BCUT2D eigenvalue weighted by Crippen LogP contribution is 2.35. The van der Waals surface area contributed by atoms with Crippen LogP contribution in [-0.2, 0) is 4.74 Å². The van der Waals surface area contributed by atoms with Crippen LogP contribution in [0.25, 0.3) is 5.78 Å². The number of fused-ring (bicyclic) bond motifs is 1. The molecule has 25 heavy (non-hydrogen) atoms. The predicted molar refractivity (Wildman–Crippen MR) is 92.1 cm³/mol. The number of methoxy groups -OCH3 is 1. The Morgan fingerprint density at radius 3 is 3.08 bits per heavy atom. The first-order valence-electron chi connectivity index (χ1n) is 8.26. The molecule has 2 atom stereocenters. The molecule has 4 rings (SSSR count). The first-order chi connectivity index (χ1) is 12.3. The van der Waals surface area contributed by atoms with Gasteiger partial charge in [0, 0.05) is 19.9 Å². The fourth-order valence-corrected chi connectivity index (χ4v) is 3.64. The highest BCUT2D eigenvalue weighted by molar-refractivity contribution is 5.48. The third kappa shape index (κ3) is 2.71. The molecule has 0 aliphatic carbocycles. The number of nitrogens with zero attached hydrogens (tertiary/aromatic N) is 6. The Morgan fingerprint density at radius 1 is 1.32 bits per heavy atom. The normalized spacial score (nSPS) is 18.4. The van der Waals surface area contributed by atoms with E-state index in [0.29, 0.717) is 11.3 Å². The Labute approximate surface area is 145 Å². The second kappa shape index (κ2) is 6.49. The standard InChI is InChI=1S/C18H18N6O/c1-25-17(14-5-2-4-13(10-14)11-19)15-6-3-9-23(15)16-7-8-20-18-21-12-22-24(16)18/h2,4-5,7-8,10,12,15,17H,3,6,9H2,1H3/t15?,17-/m1/s1. The van der Waals surface area contributed by atoms with Gasteiger partial charge in [-0.1, -0.05) is 12.1 Å². The number of rotatable bonds is 4. The van der Waals surface area contributed by atoms with Crippen molar-refractivity contribution in [3.63, 3.8) is 0 Å². The van der Waals surface area contributed by atoms with Crippen LogP contribution in [0.3, 0.4) is 0 Å². The summed E-state index contributed by atoms with van der Waals surface area (Å²) in [7, 11) is 1.72. The molecule has 7 nitrogen and oxygen atoms in total. The lowest BCUT2D eigenvalue weighted by Gasteiger charge is -2.32. The molecule has 0 radical (unpaired) electrons. The average molecular weight is 334 g/mol. The average Bonchev–Trinajstić information content (AvgIpc) is 3.32. The fraction of sp³-hybridized carbons (Fsp3) is 0.333. The van der Waals surface area contributed by atoms with Crippen LogP contribution in [0.2, 0.25) is 0 Å². The van der Waals surface area contributed by atoms with Crippen molar-refractivity contribution in [3.05, 3.63) is 54.0 Å². The lowest BCUT2D eigenvalue weighted by Crippen LogP contribution is -2.36. The van der Waals surface area contributed by atoms with Crippen LogP contribution < -0.4 is 4.90 Å². The van der Waals surface area contributed by atoms with Crippen molar-refractivity contribution in [2.45, 2.75) is 25.0 Å². The molecular formula is C18H18N6O. The first-order valence-corrected chi connectivity index (χ1v) is 8.26. The van der Waals surface area contributed by atoms with Crippen molar-refractivity contribution in [2.24, 2.45) is 0 Å². The molecule has 1 aromatic carbocycles. The molecule has 2 aromatic heterocycles. The van der Waals surface area contributed by atoms with Gasteiger partial charge in [-0.3, -0.25) is 0 Å². The summed E-state index contributed by atoms with van der Waals surface area (Å²) in [5, 5.41) is 13.5. The SMILES string of the molecule is CO[C@H](c1cccc(C#N)c1)C1CCCN1c1ccnc2ncnn12. The summed E-state index contributed by atoms with van der Waals surface area (Å²) >= 11 is 0. The summed E-state index contributed by atoms with van der Waals surface area (Å²) in [4.78, 5) is 10.7. The molecule has 1 unspecified atom stereocenters. The maximum Gasteiger partial charge on any atom is 0.254 e. The van der Waals surface area contributed by atoms with Crippen molar-refractivity contribution in [3.8, 4) is 6.07 Å². The summed E-state index contributed by atoms with van der Waals surface area (Å²) in [5.41, 5.74) is 1.66. The zero-order chi connectivity index (χ0) is 17.2. The van der Waals surface area contributed by atoms with Crippen LogP contribution in [0.15, 0.2) is 42.9 Å². The Bertz CT molecular complexity index is 930. The first kappa shape index (κ1) is 15.5. The molecule has 1 fully saturated rings. The molecule has 0 bridgehead atoms. The zero-order valence-corrected chi connectivity index (χ0v) is 13.9. The Hall–Kier alpha value is -2.98. The summed E-state index contributed by atoms with van der Waals surface area (Å²) < 4.78 is 7.61. The quantitative estimate of drug-likeness (QED) is 0.729. The van der Waals surface area contributed by atoms with Gasteiger partial charge in [0.25, 0.3) is 5.78 Å². The molecule has 126 valence electrons. The molecule has 3 heterocycles. The molecule has 1 saturated heterocycles. The van der Waals surface area contributed by atoms with E-state index in [2.05, 4.69) is 26.0 Å². The van der Waals surface area contributed by atoms with Gasteiger partial charge in [0.15, 0.2) is 0 Å². The van der Waals surface area contributed by atoms with Gasteiger partial charge >= 0.3 is 0 Å². The van der Waals surface area contributed by atoms with E-state index in [4.69, 9.17) is 4.74 Å². The number of aromatic nitrogens is 4. The minimum atomic E-state index is -0.123. The monoisotopic (exact) mass is 334 g/mol. The van der Waals surface area contributed by atoms with Crippen LogP contribution in [0.5, 0.6) is 0 Å². The van der Waals surface area contributed by atoms with Crippen molar-refractivity contribution in [1.29, 1.82) is 5.26 Å². The molecule has 3 aromatic rings. The number of anilines is 1. The topological polar surface area (TPSA) is 79.3 Å². The Morgan fingerprint density at radius 2 is 2.24 bits per heavy atom. The fourth-order valence-electron chi connectivity index (χ4n) is 3.64. The van der Waals surface area contributed by atoms with Crippen molar-refractivity contribution >= 4 is 11.6 Å². The van der Waals surface area contributed by atoms with Crippen LogP contribution in [0, 0.1) is 11.3 Å². The third-order valence-electron chi connectivity index (χ3n) is 4.70. The van der Waals surface area contributed by atoms with Gasteiger partial charge in [0.05, 0.1) is 17.7 Å². The van der Waals surface area contributed by atoms with E-state index >= 15 is 0 Å². The molecule has 1 aliphatic rings. The predicted octanol–water partition coefficient (Wildman–Crippen LogP) is 2.35. The van der Waals surface area contributed by atoms with Gasteiger partial charge in [-0.2, -0.15) is 19.9 Å². The Kier molecular flexibility index (Phi) is 4.04. The Balaban J connectivity index is 1.72. The molecule has 0 saturated carbocycles. The molecule has 1 aliphatic heterocycles. The van der Waals surface area contributed by atoms with Crippen LogP contribution in [-0.4, -0.2) is 39.3 Å². The van der Waals surface area contributed by atoms with Crippen LogP contribution >= 0.6 is 0 Å². The second-order valence-corrected chi connectivity index (χ2v) is 6.07. The molecular weight excluding hydrogens is 316 g/mol. The zero-order valence-electron chi connectivity index (χ0n) is 13.9. The lowest BCUT2D eigenvalue weighted by molar-refractivity contribution is 0.0810. The lowest BCUT2D eigenvalue weighted by atomic mass is 9.98. The van der Waals surface area contributed by atoms with Gasteiger partial charge in [-0.15, -0.1) is 0 Å². The van der Waals surface area contributed by atoms with Crippen molar-refractivity contribution in [1.82, 2.24) is 19.6 Å². The van der Waals surface area contributed by atoms with Crippen molar-refractivity contribution < 1.29 is 4.74 Å². The molecule has 0 spiro atoms.